The third-order valence-electron chi connectivity index (χ3n) is 4.80. The fraction of sp³-hybridized carbons (Fsp3) is 0.238. The van der Waals surface area contributed by atoms with Gasteiger partial charge in [-0.3, -0.25) is 9.59 Å². The molecule has 140 valence electrons. The maximum Gasteiger partial charge on any atom is 0.324 e. The van der Waals surface area contributed by atoms with Crippen LogP contribution in [0.1, 0.15) is 28.8 Å². The molecule has 0 fully saturated rings. The van der Waals surface area contributed by atoms with Gasteiger partial charge in [-0.05, 0) is 42.2 Å². The van der Waals surface area contributed by atoms with E-state index in [2.05, 4.69) is 21.5 Å². The molecule has 0 radical (unpaired) electrons. The number of primary amides is 1. The fourth-order valence-electron chi connectivity index (χ4n) is 3.43. The van der Waals surface area contributed by atoms with Gasteiger partial charge in [0, 0.05) is 23.1 Å². The first-order valence-corrected chi connectivity index (χ1v) is 8.82. The van der Waals surface area contributed by atoms with Gasteiger partial charge in [0.25, 0.3) is 0 Å². The Labute approximate surface area is 157 Å². The van der Waals surface area contributed by atoms with Crippen LogP contribution in [0.3, 0.4) is 0 Å². The second kappa shape index (κ2) is 8.05. The highest BCUT2D eigenvalue weighted by atomic mass is 16.7. The molecule has 0 unspecified atom stereocenters. The van der Waals surface area contributed by atoms with E-state index in [9.17, 15) is 9.59 Å². The molecule has 1 aromatic heterocycles. The van der Waals surface area contributed by atoms with Gasteiger partial charge in [-0.15, -0.1) is 0 Å². The van der Waals surface area contributed by atoms with Crippen molar-refractivity contribution in [3.8, 4) is 0 Å². The van der Waals surface area contributed by atoms with Gasteiger partial charge in [0.2, 0.25) is 5.91 Å². The van der Waals surface area contributed by atoms with Gasteiger partial charge >= 0.3 is 5.97 Å². The molecule has 0 aliphatic rings. The van der Waals surface area contributed by atoms with E-state index in [-0.39, 0.29) is 18.7 Å². The van der Waals surface area contributed by atoms with Crippen molar-refractivity contribution >= 4 is 22.8 Å². The van der Waals surface area contributed by atoms with Gasteiger partial charge in [-0.1, -0.05) is 36.4 Å². The van der Waals surface area contributed by atoms with Gasteiger partial charge in [0.15, 0.2) is 0 Å². The third-order valence-corrected chi connectivity index (χ3v) is 4.80. The number of aromatic nitrogens is 1. The fourth-order valence-corrected chi connectivity index (χ4v) is 3.43. The van der Waals surface area contributed by atoms with E-state index in [1.54, 1.807) is 0 Å². The van der Waals surface area contributed by atoms with Crippen LogP contribution in [0.4, 0.5) is 0 Å². The molecule has 0 saturated heterocycles. The summed E-state index contributed by atoms with van der Waals surface area (Å²) in [5.74, 6) is 4.08. The summed E-state index contributed by atoms with van der Waals surface area (Å²) in [7, 11) is 0. The van der Waals surface area contributed by atoms with Crippen LogP contribution in [0.5, 0.6) is 0 Å². The molecule has 3 rings (SSSR count). The number of carbonyl (C=O) groups is 2. The number of hydrogen-bond acceptors (Lipinski definition) is 4. The van der Waals surface area contributed by atoms with E-state index in [4.69, 9.17) is 11.6 Å². The van der Waals surface area contributed by atoms with Crippen molar-refractivity contribution in [3.05, 3.63) is 70.9 Å². The number of fused-ring (bicyclic) bond motifs is 1. The number of nitrogens with zero attached hydrogens (tertiary/aromatic N) is 1. The highest BCUT2D eigenvalue weighted by Crippen LogP contribution is 2.29. The summed E-state index contributed by atoms with van der Waals surface area (Å²) < 4.78 is 2.20. The van der Waals surface area contributed by atoms with Crippen LogP contribution in [-0.4, -0.2) is 16.4 Å². The first-order valence-electron chi connectivity index (χ1n) is 8.82. The quantitative estimate of drug-likeness (QED) is 0.628. The molecule has 27 heavy (non-hydrogen) atoms. The lowest BCUT2D eigenvalue weighted by Gasteiger charge is -2.09. The van der Waals surface area contributed by atoms with Crippen molar-refractivity contribution in [1.82, 2.24) is 4.57 Å². The van der Waals surface area contributed by atoms with Gasteiger partial charge < -0.3 is 15.1 Å². The summed E-state index contributed by atoms with van der Waals surface area (Å²) in [5, 5.41) is 0.987. The van der Waals surface area contributed by atoms with Gasteiger partial charge in [0.1, 0.15) is 0 Å². The van der Waals surface area contributed by atoms with Crippen LogP contribution in [0.25, 0.3) is 10.9 Å². The van der Waals surface area contributed by atoms with Crippen LogP contribution >= 0.6 is 0 Å². The zero-order valence-electron chi connectivity index (χ0n) is 15.3. The van der Waals surface area contributed by atoms with Crippen molar-refractivity contribution in [3.63, 3.8) is 0 Å². The van der Waals surface area contributed by atoms with E-state index < -0.39 is 5.97 Å². The van der Waals surface area contributed by atoms with Crippen molar-refractivity contribution in [2.24, 2.45) is 11.6 Å². The third kappa shape index (κ3) is 4.17. The minimum Gasteiger partial charge on any atom is -0.373 e. The van der Waals surface area contributed by atoms with Crippen LogP contribution in [0.2, 0.25) is 0 Å². The van der Waals surface area contributed by atoms with Gasteiger partial charge in [-0.25, -0.2) is 0 Å². The smallest absolute Gasteiger partial charge is 0.324 e. The number of amides is 1. The molecular weight excluding hydrogens is 342 g/mol. The number of nitrogens with two attached hydrogens (primary N) is 2. The monoisotopic (exact) mass is 365 g/mol. The molecule has 0 bridgehead atoms. The topological polar surface area (TPSA) is 100 Å². The zero-order valence-corrected chi connectivity index (χ0v) is 15.3. The second-order valence-corrected chi connectivity index (χ2v) is 6.62. The van der Waals surface area contributed by atoms with Crippen LogP contribution in [-0.2, 0) is 33.8 Å². The van der Waals surface area contributed by atoms with E-state index in [0.717, 1.165) is 27.7 Å². The molecule has 0 aliphatic heterocycles. The highest BCUT2D eigenvalue weighted by Gasteiger charge is 2.16. The first-order chi connectivity index (χ1) is 13.0. The molecule has 6 nitrogen and oxygen atoms in total. The summed E-state index contributed by atoms with van der Waals surface area (Å²) in [5.41, 5.74) is 10.6. The molecule has 1 heterocycles. The Morgan fingerprint density at radius 1 is 1.07 bits per heavy atom. The Morgan fingerprint density at radius 2 is 1.81 bits per heavy atom. The maximum absolute atomic E-state index is 11.6. The van der Waals surface area contributed by atoms with Crippen molar-refractivity contribution in [1.29, 1.82) is 0 Å². The number of rotatable bonds is 7. The van der Waals surface area contributed by atoms with E-state index in [0.29, 0.717) is 13.0 Å². The van der Waals surface area contributed by atoms with Crippen LogP contribution in [0.15, 0.2) is 48.5 Å². The molecule has 1 amide bonds. The Bertz CT molecular complexity index is 977. The minimum atomic E-state index is -0.453. The minimum absolute atomic E-state index is 0.179. The average Bonchev–Trinajstić information content (AvgIpc) is 2.92. The Morgan fingerprint density at radius 3 is 2.48 bits per heavy atom. The molecule has 0 atom stereocenters. The maximum atomic E-state index is 11.6. The van der Waals surface area contributed by atoms with Gasteiger partial charge in [-0.2, -0.15) is 5.90 Å². The summed E-state index contributed by atoms with van der Waals surface area (Å²) in [4.78, 5) is 27.1. The number of carbonyl (C=O) groups excluding carboxylic acids is 2. The van der Waals surface area contributed by atoms with E-state index >= 15 is 0 Å². The van der Waals surface area contributed by atoms with E-state index in [1.165, 1.54) is 5.56 Å². The number of hydrogen-bond donors (Lipinski definition) is 2. The zero-order chi connectivity index (χ0) is 19.4. The van der Waals surface area contributed by atoms with Crippen LogP contribution < -0.4 is 11.6 Å². The SMILES string of the molecule is Cc1c(CC(N)=O)c2cc(CCC(=O)ON)ccc2n1Cc1ccccc1. The van der Waals surface area contributed by atoms with Crippen molar-refractivity contribution in [2.45, 2.75) is 32.7 Å². The average molecular weight is 365 g/mol. The van der Waals surface area contributed by atoms with Gasteiger partial charge in [0.05, 0.1) is 12.8 Å². The number of benzene rings is 2. The molecule has 4 N–H and O–H groups in total. The lowest BCUT2D eigenvalue weighted by atomic mass is 10.0. The molecule has 0 aliphatic carbocycles. The van der Waals surface area contributed by atoms with E-state index in [1.807, 2.05) is 43.3 Å². The largest absolute Gasteiger partial charge is 0.373 e. The predicted octanol–water partition coefficient (Wildman–Crippen LogP) is 2.38. The van der Waals surface area contributed by atoms with Crippen LogP contribution in [0, 0.1) is 6.92 Å². The molecule has 6 heteroatoms. The molecule has 3 aromatic rings. The normalized spacial score (nSPS) is 10.9. The highest BCUT2D eigenvalue weighted by molar-refractivity contribution is 5.91. The van der Waals surface area contributed by atoms with Crippen molar-refractivity contribution < 1.29 is 14.4 Å². The Balaban J connectivity index is 2.03. The standard InChI is InChI=1S/C21H23N3O3/c1-14-17(12-20(22)25)18-11-15(8-10-21(26)27-23)7-9-19(18)24(14)13-16-5-3-2-4-6-16/h2-7,9,11H,8,10,12-13,23H2,1H3,(H2,22,25). The molecular formula is C21H23N3O3. The second-order valence-electron chi connectivity index (χ2n) is 6.62. The molecule has 0 saturated carbocycles. The first kappa shape index (κ1) is 18.7. The summed E-state index contributed by atoms with van der Waals surface area (Å²) in [6.45, 7) is 2.72. The lowest BCUT2D eigenvalue weighted by molar-refractivity contribution is -0.144. The predicted molar refractivity (Wildman–Crippen MR) is 104 cm³/mol. The number of aryl methyl sites for hydroxylation is 1. The summed E-state index contributed by atoms with van der Waals surface area (Å²) in [6, 6.07) is 16.2. The Hall–Kier alpha value is -3.12. The Kier molecular flexibility index (Phi) is 5.57. The summed E-state index contributed by atoms with van der Waals surface area (Å²) in [6.07, 6.45) is 0.903. The lowest BCUT2D eigenvalue weighted by Crippen LogP contribution is -2.14. The van der Waals surface area contributed by atoms with Crippen molar-refractivity contribution in [2.75, 3.05) is 0 Å². The summed E-state index contributed by atoms with van der Waals surface area (Å²) >= 11 is 0. The molecule has 0 spiro atoms. The molecule has 2 aromatic carbocycles.